The van der Waals surface area contributed by atoms with E-state index in [1.54, 1.807) is 18.2 Å². The smallest absolute Gasteiger partial charge is 0.335 e. The SMILES string of the molecule is O=C(O)c1cccc(-c2n[nH]c(-c3ccccc3)n2)c1. The Bertz CT molecular complexity index is 751. The van der Waals surface area contributed by atoms with E-state index in [0.29, 0.717) is 17.2 Å². The molecule has 0 saturated carbocycles. The molecule has 5 heteroatoms. The van der Waals surface area contributed by atoms with Crippen LogP contribution in [0.1, 0.15) is 10.4 Å². The van der Waals surface area contributed by atoms with E-state index in [0.717, 1.165) is 5.56 Å². The summed E-state index contributed by atoms with van der Waals surface area (Å²) < 4.78 is 0. The number of carboxylic acids is 1. The minimum atomic E-state index is -0.967. The number of carbonyl (C=O) groups is 1. The number of hydrogen-bond acceptors (Lipinski definition) is 3. The van der Waals surface area contributed by atoms with Gasteiger partial charge in [-0.2, -0.15) is 5.10 Å². The summed E-state index contributed by atoms with van der Waals surface area (Å²) in [6.45, 7) is 0. The molecule has 0 radical (unpaired) electrons. The number of aromatic amines is 1. The van der Waals surface area contributed by atoms with Crippen molar-refractivity contribution >= 4 is 5.97 Å². The van der Waals surface area contributed by atoms with Crippen LogP contribution in [0.15, 0.2) is 54.6 Å². The normalized spacial score (nSPS) is 10.4. The van der Waals surface area contributed by atoms with E-state index in [-0.39, 0.29) is 5.56 Å². The van der Waals surface area contributed by atoms with Crippen LogP contribution in [0.3, 0.4) is 0 Å². The summed E-state index contributed by atoms with van der Waals surface area (Å²) in [6, 6.07) is 16.2. The first-order chi connectivity index (χ1) is 9.74. The number of nitrogens with one attached hydrogen (secondary N) is 1. The molecule has 1 aromatic heterocycles. The number of carboxylic acid groups (broad SMARTS) is 1. The zero-order valence-electron chi connectivity index (χ0n) is 10.4. The molecule has 2 aromatic carbocycles. The molecular weight excluding hydrogens is 254 g/mol. The van der Waals surface area contributed by atoms with Crippen LogP contribution in [0.5, 0.6) is 0 Å². The second-order valence-electron chi connectivity index (χ2n) is 4.26. The standard InChI is InChI=1S/C15H11N3O2/c19-15(20)12-8-4-7-11(9-12)14-16-13(17-18-14)10-5-2-1-3-6-10/h1-9H,(H,19,20)(H,16,17,18). The minimum absolute atomic E-state index is 0.216. The fourth-order valence-corrected chi connectivity index (χ4v) is 1.91. The van der Waals surface area contributed by atoms with E-state index in [2.05, 4.69) is 15.2 Å². The summed E-state index contributed by atoms with van der Waals surface area (Å²) in [4.78, 5) is 15.4. The molecule has 2 N–H and O–H groups in total. The fourth-order valence-electron chi connectivity index (χ4n) is 1.91. The Morgan fingerprint density at radius 1 is 1.00 bits per heavy atom. The molecule has 3 aromatic rings. The molecule has 20 heavy (non-hydrogen) atoms. The third-order valence-electron chi connectivity index (χ3n) is 2.90. The lowest BCUT2D eigenvalue weighted by Gasteiger charge is -1.97. The van der Waals surface area contributed by atoms with Crippen LogP contribution in [0, 0.1) is 0 Å². The first-order valence-electron chi connectivity index (χ1n) is 6.05. The Hall–Kier alpha value is -2.95. The van der Waals surface area contributed by atoms with Gasteiger partial charge in [-0.3, -0.25) is 5.10 Å². The summed E-state index contributed by atoms with van der Waals surface area (Å²) in [5.74, 6) is 0.166. The molecule has 0 fully saturated rings. The second kappa shape index (κ2) is 4.97. The monoisotopic (exact) mass is 265 g/mol. The van der Waals surface area contributed by atoms with E-state index >= 15 is 0 Å². The van der Waals surface area contributed by atoms with Gasteiger partial charge in [-0.25, -0.2) is 9.78 Å². The average molecular weight is 265 g/mol. The molecule has 0 unspecified atom stereocenters. The van der Waals surface area contributed by atoms with Crippen molar-refractivity contribution in [1.29, 1.82) is 0 Å². The summed E-state index contributed by atoms with van der Waals surface area (Å²) in [6.07, 6.45) is 0. The molecule has 0 amide bonds. The Morgan fingerprint density at radius 3 is 2.50 bits per heavy atom. The highest BCUT2D eigenvalue weighted by Crippen LogP contribution is 2.20. The molecule has 3 rings (SSSR count). The van der Waals surface area contributed by atoms with Crippen LogP contribution in [0.2, 0.25) is 0 Å². The zero-order chi connectivity index (χ0) is 13.9. The number of aromatic nitrogens is 3. The first kappa shape index (κ1) is 12.1. The van der Waals surface area contributed by atoms with Gasteiger partial charge < -0.3 is 5.11 Å². The highest BCUT2D eigenvalue weighted by Gasteiger charge is 2.10. The maximum atomic E-state index is 11.0. The molecular formula is C15H11N3O2. The van der Waals surface area contributed by atoms with Crippen molar-refractivity contribution in [1.82, 2.24) is 15.2 Å². The van der Waals surface area contributed by atoms with Crippen LogP contribution in [-0.4, -0.2) is 26.3 Å². The van der Waals surface area contributed by atoms with E-state index in [9.17, 15) is 4.79 Å². The van der Waals surface area contributed by atoms with Crippen LogP contribution >= 0.6 is 0 Å². The molecule has 98 valence electrons. The van der Waals surface area contributed by atoms with Gasteiger partial charge in [0.15, 0.2) is 11.6 Å². The lowest BCUT2D eigenvalue weighted by molar-refractivity contribution is 0.0697. The molecule has 0 atom stereocenters. The summed E-state index contributed by atoms with van der Waals surface area (Å²) >= 11 is 0. The number of benzene rings is 2. The quantitative estimate of drug-likeness (QED) is 0.763. The van der Waals surface area contributed by atoms with E-state index in [4.69, 9.17) is 5.11 Å². The van der Waals surface area contributed by atoms with Gasteiger partial charge in [-0.15, -0.1) is 0 Å². The van der Waals surface area contributed by atoms with E-state index < -0.39 is 5.97 Å². The maximum absolute atomic E-state index is 11.0. The topological polar surface area (TPSA) is 78.9 Å². The molecule has 0 aliphatic heterocycles. The third kappa shape index (κ3) is 2.29. The number of nitrogens with zero attached hydrogens (tertiary/aromatic N) is 2. The van der Waals surface area contributed by atoms with Crippen molar-refractivity contribution in [2.45, 2.75) is 0 Å². The van der Waals surface area contributed by atoms with Crippen molar-refractivity contribution in [3.05, 3.63) is 60.2 Å². The summed E-state index contributed by atoms with van der Waals surface area (Å²) in [5, 5.41) is 16.0. The van der Waals surface area contributed by atoms with Gasteiger partial charge in [-0.1, -0.05) is 42.5 Å². The highest BCUT2D eigenvalue weighted by molar-refractivity contribution is 5.89. The number of rotatable bonds is 3. The van der Waals surface area contributed by atoms with Crippen LogP contribution < -0.4 is 0 Å². The van der Waals surface area contributed by atoms with Crippen molar-refractivity contribution in [2.24, 2.45) is 0 Å². The highest BCUT2D eigenvalue weighted by atomic mass is 16.4. The molecule has 0 spiro atoms. The van der Waals surface area contributed by atoms with Crippen LogP contribution in [0.4, 0.5) is 0 Å². The average Bonchev–Trinajstić information content (AvgIpc) is 2.98. The Labute approximate surface area is 114 Å². The molecule has 0 aliphatic carbocycles. The molecule has 0 aliphatic rings. The van der Waals surface area contributed by atoms with E-state index in [1.165, 1.54) is 6.07 Å². The summed E-state index contributed by atoms with van der Waals surface area (Å²) in [7, 11) is 0. The van der Waals surface area contributed by atoms with Crippen LogP contribution in [0.25, 0.3) is 22.8 Å². The van der Waals surface area contributed by atoms with Crippen molar-refractivity contribution in [2.75, 3.05) is 0 Å². The largest absolute Gasteiger partial charge is 0.478 e. The van der Waals surface area contributed by atoms with Crippen molar-refractivity contribution in [3.8, 4) is 22.8 Å². The van der Waals surface area contributed by atoms with E-state index in [1.807, 2.05) is 30.3 Å². The number of hydrogen-bond donors (Lipinski definition) is 2. The van der Waals surface area contributed by atoms with Gasteiger partial charge in [-0.05, 0) is 12.1 Å². The Balaban J connectivity index is 1.98. The third-order valence-corrected chi connectivity index (χ3v) is 2.90. The molecule has 0 saturated heterocycles. The lowest BCUT2D eigenvalue weighted by Crippen LogP contribution is -1.96. The minimum Gasteiger partial charge on any atom is -0.478 e. The fraction of sp³-hybridized carbons (Fsp3) is 0. The predicted octanol–water partition coefficient (Wildman–Crippen LogP) is 2.84. The van der Waals surface area contributed by atoms with Gasteiger partial charge in [0.05, 0.1) is 5.56 Å². The van der Waals surface area contributed by atoms with Crippen LogP contribution in [-0.2, 0) is 0 Å². The number of H-pyrrole nitrogens is 1. The Kier molecular flexibility index (Phi) is 3.01. The maximum Gasteiger partial charge on any atom is 0.335 e. The lowest BCUT2D eigenvalue weighted by atomic mass is 10.1. The molecule has 1 heterocycles. The van der Waals surface area contributed by atoms with Gasteiger partial charge in [0.1, 0.15) is 0 Å². The second-order valence-corrected chi connectivity index (χ2v) is 4.26. The zero-order valence-corrected chi connectivity index (χ0v) is 10.4. The van der Waals surface area contributed by atoms with Gasteiger partial charge in [0.25, 0.3) is 0 Å². The predicted molar refractivity (Wildman–Crippen MR) is 74.2 cm³/mol. The van der Waals surface area contributed by atoms with Crippen molar-refractivity contribution in [3.63, 3.8) is 0 Å². The molecule has 0 bridgehead atoms. The van der Waals surface area contributed by atoms with Gasteiger partial charge in [0.2, 0.25) is 0 Å². The first-order valence-corrected chi connectivity index (χ1v) is 6.05. The number of aromatic carboxylic acids is 1. The molecule has 5 nitrogen and oxygen atoms in total. The summed E-state index contributed by atoms with van der Waals surface area (Å²) in [5.41, 5.74) is 1.82. The van der Waals surface area contributed by atoms with Crippen molar-refractivity contribution < 1.29 is 9.90 Å². The van der Waals surface area contributed by atoms with Gasteiger partial charge >= 0.3 is 5.97 Å². The Morgan fingerprint density at radius 2 is 1.75 bits per heavy atom. The van der Waals surface area contributed by atoms with Gasteiger partial charge in [0, 0.05) is 11.1 Å².